The van der Waals surface area contributed by atoms with E-state index in [0.717, 1.165) is 90.7 Å². The molecule has 0 unspecified atom stereocenters. The molecule has 7 N–H and O–H groups in total. The number of phenolic OH excluding ortho intramolecular Hbond substituents is 7. The number of carbonyl (C=O) groups is 2. The first kappa shape index (κ1) is 67.7. The van der Waals surface area contributed by atoms with Gasteiger partial charge in [-0.1, -0.05) is 43.5 Å². The van der Waals surface area contributed by atoms with Crippen LogP contribution >= 0.6 is 0 Å². The summed E-state index contributed by atoms with van der Waals surface area (Å²) in [7, 11) is 9.42. The highest BCUT2D eigenvalue weighted by Gasteiger charge is 2.24. The maximum atomic E-state index is 12.3. The Morgan fingerprint density at radius 1 is 0.352 bits per heavy atom. The number of ether oxygens (including phenoxy) is 6. The number of hydrogen-bond acceptors (Lipinski definition) is 15. The van der Waals surface area contributed by atoms with E-state index in [2.05, 4.69) is 12.1 Å². The summed E-state index contributed by atoms with van der Waals surface area (Å²) in [6.07, 6.45) is 8.10. The van der Waals surface area contributed by atoms with Crippen molar-refractivity contribution in [3.63, 3.8) is 0 Å². The first-order valence-corrected chi connectivity index (χ1v) is 29.8. The summed E-state index contributed by atoms with van der Waals surface area (Å²) in [6, 6.07) is 22.9. The molecule has 470 valence electrons. The SMILES string of the molecule is COCc1cc(Cc2c(C)c(Cc3cc(C)c(O)c(Cc4cc(COC)c(O)c(C(C)=O)c4)c3C)cc(C)c2O)cc(COC)c1O.COCc1cc(Cc2cc(C3CCCCC3)cc(Cc3cc(COC)c(O)c(C(C)=O)c3)c2O)cc(COC)c1O. The molecular weight excluding hydrogens is 1120 g/mol. The molecule has 0 heterocycles. The lowest BCUT2D eigenvalue weighted by Crippen LogP contribution is -2.07. The highest BCUT2D eigenvalue weighted by Crippen LogP contribution is 2.41. The van der Waals surface area contributed by atoms with E-state index in [1.165, 1.54) is 45.8 Å². The van der Waals surface area contributed by atoms with Gasteiger partial charge in [0.1, 0.15) is 40.2 Å². The number of ketones is 2. The average Bonchev–Trinajstić information content (AvgIpc) is 1.42. The molecule has 15 heteroatoms. The minimum absolute atomic E-state index is 0.0602. The maximum absolute atomic E-state index is 12.3. The van der Waals surface area contributed by atoms with Gasteiger partial charge in [0.2, 0.25) is 0 Å². The van der Waals surface area contributed by atoms with E-state index in [9.17, 15) is 45.3 Å². The molecule has 1 saturated carbocycles. The van der Waals surface area contributed by atoms with Crippen molar-refractivity contribution >= 4 is 11.6 Å². The summed E-state index contributed by atoms with van der Waals surface area (Å²) in [4.78, 5) is 24.6. The third-order valence-electron chi connectivity index (χ3n) is 17.0. The molecule has 1 fully saturated rings. The minimum Gasteiger partial charge on any atom is -0.507 e. The van der Waals surface area contributed by atoms with Crippen LogP contribution in [0, 0.1) is 27.7 Å². The normalized spacial score (nSPS) is 12.5. The Balaban J connectivity index is 0.000000253. The fourth-order valence-electron chi connectivity index (χ4n) is 12.4. The summed E-state index contributed by atoms with van der Waals surface area (Å²) in [5, 5.41) is 76.7. The van der Waals surface area contributed by atoms with Gasteiger partial charge in [0.15, 0.2) is 11.6 Å². The fourth-order valence-corrected chi connectivity index (χ4v) is 12.4. The molecule has 0 aromatic heterocycles. The Morgan fingerprint density at radius 3 is 0.977 bits per heavy atom. The molecule has 0 radical (unpaired) electrons. The van der Waals surface area contributed by atoms with E-state index in [4.69, 9.17) is 28.4 Å². The standard InChI is InChI=1S/C39H46O8.C34H42O7/c1-21-9-28(23(3)33(36(21)41)14-26-11-30(18-45-6)38(43)31(12-26)19-46-7)17-29-10-22(2)37(42)34(24(29)4)15-27-13-32(20-47-8)39(44)35(16-27)25(5)40;1-21(35)31-15-23(14-30(20-41-4)34(31)38)11-27-17-25(24-8-6-5-7-9-24)16-26(32(27)36)10-22-12-28(18-39-2)33(37)29(13-22)19-40-3/h9-13,16,41-44H,14-15,17-20H2,1-8H3;12-17,24,36-38H,5-11,18-20H2,1-4H3. The van der Waals surface area contributed by atoms with Gasteiger partial charge < -0.3 is 64.2 Å². The van der Waals surface area contributed by atoms with Crippen LogP contribution in [-0.2, 0) is 100 Å². The molecule has 0 aliphatic heterocycles. The van der Waals surface area contributed by atoms with Crippen LogP contribution in [0.3, 0.4) is 0 Å². The summed E-state index contributed by atoms with van der Waals surface area (Å²) >= 11 is 0. The predicted octanol–water partition coefficient (Wildman–Crippen LogP) is 13.8. The Hall–Kier alpha value is -7.76. The molecule has 15 nitrogen and oxygen atoms in total. The molecule has 7 aromatic rings. The van der Waals surface area contributed by atoms with E-state index < -0.39 is 0 Å². The van der Waals surface area contributed by atoms with Gasteiger partial charge in [0.05, 0.1) is 50.8 Å². The number of benzene rings is 7. The van der Waals surface area contributed by atoms with Crippen molar-refractivity contribution < 1.29 is 73.8 Å². The van der Waals surface area contributed by atoms with Crippen molar-refractivity contribution in [3.8, 4) is 40.2 Å². The summed E-state index contributed by atoms with van der Waals surface area (Å²) < 4.78 is 31.8. The van der Waals surface area contributed by atoms with Gasteiger partial charge in [-0.3, -0.25) is 9.59 Å². The van der Waals surface area contributed by atoms with E-state index in [1.54, 1.807) is 47.7 Å². The first-order valence-electron chi connectivity index (χ1n) is 29.8. The van der Waals surface area contributed by atoms with Crippen LogP contribution in [0.1, 0.15) is 189 Å². The molecule has 7 aromatic carbocycles. The van der Waals surface area contributed by atoms with Gasteiger partial charge in [-0.2, -0.15) is 0 Å². The first-order chi connectivity index (χ1) is 42.0. The maximum Gasteiger partial charge on any atom is 0.163 e. The average molecular weight is 1210 g/mol. The second-order valence-electron chi connectivity index (χ2n) is 23.6. The number of aryl methyl sites for hydroxylation is 2. The molecule has 0 atom stereocenters. The summed E-state index contributed by atoms with van der Waals surface area (Å²) in [6.45, 7) is 11.9. The molecule has 1 aliphatic carbocycles. The predicted molar refractivity (Wildman–Crippen MR) is 340 cm³/mol. The van der Waals surface area contributed by atoms with Crippen molar-refractivity contribution in [2.75, 3.05) is 42.7 Å². The molecule has 0 bridgehead atoms. The number of rotatable bonds is 25. The number of aromatic hydroxyl groups is 7. The van der Waals surface area contributed by atoms with Crippen LogP contribution in [0.25, 0.3) is 0 Å². The van der Waals surface area contributed by atoms with Crippen molar-refractivity contribution in [1.82, 2.24) is 0 Å². The van der Waals surface area contributed by atoms with Gasteiger partial charge >= 0.3 is 0 Å². The summed E-state index contributed by atoms with van der Waals surface area (Å²) in [5.74, 6) is 0.762. The lowest BCUT2D eigenvalue weighted by Gasteiger charge is -2.24. The molecule has 88 heavy (non-hydrogen) atoms. The zero-order valence-electron chi connectivity index (χ0n) is 53.2. The van der Waals surface area contributed by atoms with Gasteiger partial charge in [0.25, 0.3) is 0 Å². The number of methoxy groups -OCH3 is 6. The molecule has 1 aliphatic rings. The molecule has 0 spiro atoms. The van der Waals surface area contributed by atoms with Crippen LogP contribution in [0.4, 0.5) is 0 Å². The fraction of sp³-hybridized carbons (Fsp3) is 0.397. The number of Topliss-reactive ketones (excluding diaryl/α,β-unsaturated/α-hetero) is 2. The van der Waals surface area contributed by atoms with E-state index in [0.29, 0.717) is 71.4 Å². The number of hydrogen-bond donors (Lipinski definition) is 7. The van der Waals surface area contributed by atoms with Crippen molar-refractivity contribution in [1.29, 1.82) is 0 Å². The number of phenols is 7. The zero-order chi connectivity index (χ0) is 64.1. The third-order valence-corrected chi connectivity index (χ3v) is 17.0. The monoisotopic (exact) mass is 1200 g/mol. The van der Waals surface area contributed by atoms with E-state index in [-0.39, 0.29) is 103 Å². The zero-order valence-corrected chi connectivity index (χ0v) is 53.2. The van der Waals surface area contributed by atoms with Gasteiger partial charge in [-0.05, 0) is 188 Å². The highest BCUT2D eigenvalue weighted by molar-refractivity contribution is 5.98. The Kier molecular flexibility index (Phi) is 23.8. The van der Waals surface area contributed by atoms with Gasteiger partial charge in [-0.15, -0.1) is 0 Å². The molecular formula is C73H88O15. The topological polar surface area (TPSA) is 231 Å². The smallest absolute Gasteiger partial charge is 0.163 e. The largest absolute Gasteiger partial charge is 0.507 e. The van der Waals surface area contributed by atoms with E-state index in [1.807, 2.05) is 76.2 Å². The molecule has 0 amide bonds. The second kappa shape index (κ2) is 30.9. The van der Waals surface area contributed by atoms with Crippen LogP contribution in [0.15, 0.2) is 72.8 Å². The quantitative estimate of drug-likeness (QED) is 0.0264. The van der Waals surface area contributed by atoms with E-state index >= 15 is 0 Å². The van der Waals surface area contributed by atoms with Crippen LogP contribution in [-0.4, -0.2) is 90.0 Å². The summed E-state index contributed by atoms with van der Waals surface area (Å²) in [5.41, 5.74) is 17.4. The lowest BCUT2D eigenvalue weighted by atomic mass is 9.81. The van der Waals surface area contributed by atoms with Crippen LogP contribution in [0.2, 0.25) is 0 Å². The third kappa shape index (κ3) is 16.1. The Morgan fingerprint density at radius 2 is 0.648 bits per heavy atom. The second-order valence-corrected chi connectivity index (χ2v) is 23.6. The van der Waals surface area contributed by atoms with Crippen molar-refractivity contribution in [3.05, 3.63) is 201 Å². The van der Waals surface area contributed by atoms with Crippen LogP contribution < -0.4 is 0 Å². The minimum atomic E-state index is -0.251. The lowest BCUT2D eigenvalue weighted by molar-refractivity contribution is 0.100. The highest BCUT2D eigenvalue weighted by atomic mass is 16.5. The van der Waals surface area contributed by atoms with Gasteiger partial charge in [0, 0.05) is 113 Å². The molecule has 8 rings (SSSR count). The Labute approximate surface area is 518 Å². The van der Waals surface area contributed by atoms with Crippen molar-refractivity contribution in [2.24, 2.45) is 0 Å². The molecule has 0 saturated heterocycles. The number of carbonyl (C=O) groups excluding carboxylic acids is 2. The Bertz CT molecular complexity index is 3590. The van der Waals surface area contributed by atoms with Crippen LogP contribution in [0.5, 0.6) is 40.2 Å². The van der Waals surface area contributed by atoms with Crippen molar-refractivity contribution in [2.45, 2.75) is 151 Å². The van der Waals surface area contributed by atoms with Gasteiger partial charge in [-0.25, -0.2) is 0 Å².